The van der Waals surface area contributed by atoms with Gasteiger partial charge in [-0.2, -0.15) is 0 Å². The molecule has 1 aliphatic heterocycles. The molecule has 1 heterocycles. The SMILES string of the molecule is NNC(CCOCC(F)F)CCc1ccc2c(c1)CCO2. The third kappa shape index (κ3) is 5.22. The Morgan fingerprint density at radius 3 is 2.95 bits per heavy atom. The van der Waals surface area contributed by atoms with Gasteiger partial charge >= 0.3 is 0 Å². The largest absolute Gasteiger partial charge is 0.493 e. The molecule has 0 saturated carbocycles. The number of nitrogens with two attached hydrogens (primary N) is 1. The minimum atomic E-state index is -2.41. The molecule has 0 amide bonds. The topological polar surface area (TPSA) is 56.5 Å². The molecule has 1 unspecified atom stereocenters. The standard InChI is InChI=1S/C15H22F2N2O2/c16-15(17)10-20-7-6-13(19-18)3-1-11-2-4-14-12(9-11)5-8-21-14/h2,4,9,13,15,19H,1,3,5-8,10,18H2. The summed E-state index contributed by atoms with van der Waals surface area (Å²) in [5.41, 5.74) is 5.22. The molecule has 0 radical (unpaired) electrons. The van der Waals surface area contributed by atoms with Gasteiger partial charge in [0, 0.05) is 19.1 Å². The fourth-order valence-electron chi connectivity index (χ4n) is 2.45. The van der Waals surface area contributed by atoms with Gasteiger partial charge in [-0.25, -0.2) is 8.78 Å². The molecule has 21 heavy (non-hydrogen) atoms. The molecule has 0 aromatic heterocycles. The summed E-state index contributed by atoms with van der Waals surface area (Å²) >= 11 is 0. The van der Waals surface area contributed by atoms with E-state index < -0.39 is 13.0 Å². The summed E-state index contributed by atoms with van der Waals surface area (Å²) in [7, 11) is 0. The van der Waals surface area contributed by atoms with Crippen molar-refractivity contribution in [3.05, 3.63) is 29.3 Å². The van der Waals surface area contributed by atoms with Gasteiger partial charge in [0.15, 0.2) is 0 Å². The molecule has 6 heteroatoms. The number of ether oxygens (including phenoxy) is 2. The normalized spacial score (nSPS) is 15.0. The van der Waals surface area contributed by atoms with E-state index in [0.29, 0.717) is 6.42 Å². The van der Waals surface area contributed by atoms with Crippen molar-refractivity contribution in [2.24, 2.45) is 5.84 Å². The maximum Gasteiger partial charge on any atom is 0.261 e. The zero-order valence-electron chi connectivity index (χ0n) is 12.0. The highest BCUT2D eigenvalue weighted by molar-refractivity contribution is 5.39. The van der Waals surface area contributed by atoms with Crippen molar-refractivity contribution in [3.63, 3.8) is 0 Å². The first kappa shape index (κ1) is 16.1. The summed E-state index contributed by atoms with van der Waals surface area (Å²) in [5, 5.41) is 0. The summed E-state index contributed by atoms with van der Waals surface area (Å²) < 4.78 is 34.2. The van der Waals surface area contributed by atoms with Crippen molar-refractivity contribution >= 4 is 0 Å². The van der Waals surface area contributed by atoms with Crippen molar-refractivity contribution < 1.29 is 18.3 Å². The van der Waals surface area contributed by atoms with Crippen molar-refractivity contribution in [3.8, 4) is 5.75 Å². The third-order valence-electron chi connectivity index (χ3n) is 3.63. The molecular weight excluding hydrogens is 278 g/mol. The quantitative estimate of drug-likeness (QED) is 0.416. The Bertz CT molecular complexity index is 444. The van der Waals surface area contributed by atoms with E-state index in [1.807, 2.05) is 6.07 Å². The summed E-state index contributed by atoms with van der Waals surface area (Å²) in [4.78, 5) is 0. The Morgan fingerprint density at radius 2 is 2.19 bits per heavy atom. The summed E-state index contributed by atoms with van der Waals surface area (Å²) in [6.45, 7) is 0.534. The van der Waals surface area contributed by atoms with Crippen molar-refractivity contribution in [1.82, 2.24) is 5.43 Å². The van der Waals surface area contributed by atoms with Gasteiger partial charge in [-0.15, -0.1) is 0 Å². The van der Waals surface area contributed by atoms with E-state index in [0.717, 1.165) is 31.6 Å². The third-order valence-corrected chi connectivity index (χ3v) is 3.63. The number of hydrogen-bond acceptors (Lipinski definition) is 4. The van der Waals surface area contributed by atoms with Crippen LogP contribution in [0.2, 0.25) is 0 Å². The van der Waals surface area contributed by atoms with Gasteiger partial charge in [0.1, 0.15) is 12.4 Å². The molecule has 1 atom stereocenters. The number of halogens is 2. The summed E-state index contributed by atoms with van der Waals surface area (Å²) in [5.74, 6) is 6.47. The van der Waals surface area contributed by atoms with Crippen LogP contribution in [0.1, 0.15) is 24.0 Å². The lowest BCUT2D eigenvalue weighted by molar-refractivity contribution is 0.0142. The summed E-state index contributed by atoms with van der Waals surface area (Å²) in [6, 6.07) is 6.30. The Kier molecular flexibility index (Phi) is 6.35. The first-order chi connectivity index (χ1) is 10.2. The first-order valence-electron chi connectivity index (χ1n) is 7.25. The van der Waals surface area contributed by atoms with E-state index in [4.69, 9.17) is 15.3 Å². The van der Waals surface area contributed by atoms with Gasteiger partial charge < -0.3 is 9.47 Å². The second-order valence-corrected chi connectivity index (χ2v) is 5.20. The molecule has 118 valence electrons. The van der Waals surface area contributed by atoms with Crippen molar-refractivity contribution in [2.45, 2.75) is 38.2 Å². The number of rotatable bonds is 9. The fourth-order valence-corrected chi connectivity index (χ4v) is 2.45. The van der Waals surface area contributed by atoms with Crippen LogP contribution in [0.15, 0.2) is 18.2 Å². The second kappa shape index (κ2) is 8.26. The number of fused-ring (bicyclic) bond motifs is 1. The Hall–Kier alpha value is -1.24. The van der Waals surface area contributed by atoms with Gasteiger partial charge in [0.25, 0.3) is 6.43 Å². The van der Waals surface area contributed by atoms with E-state index >= 15 is 0 Å². The van der Waals surface area contributed by atoms with Crippen molar-refractivity contribution in [1.29, 1.82) is 0 Å². The van der Waals surface area contributed by atoms with Crippen molar-refractivity contribution in [2.75, 3.05) is 19.8 Å². The minimum absolute atomic E-state index is 0.0622. The van der Waals surface area contributed by atoms with E-state index in [1.165, 1.54) is 11.1 Å². The lowest BCUT2D eigenvalue weighted by Gasteiger charge is -2.16. The van der Waals surface area contributed by atoms with Crippen LogP contribution < -0.4 is 16.0 Å². The zero-order chi connectivity index (χ0) is 15.1. The molecule has 0 bridgehead atoms. The lowest BCUT2D eigenvalue weighted by atomic mass is 10.0. The smallest absolute Gasteiger partial charge is 0.261 e. The van der Waals surface area contributed by atoms with Gasteiger partial charge in [0.2, 0.25) is 0 Å². The predicted octanol–water partition coefficient (Wildman–Crippen LogP) is 2.06. The first-order valence-corrected chi connectivity index (χ1v) is 7.25. The maximum absolute atomic E-state index is 11.9. The van der Waals surface area contributed by atoms with Crippen LogP contribution in [0.4, 0.5) is 8.78 Å². The van der Waals surface area contributed by atoms with Crippen LogP contribution in [0, 0.1) is 0 Å². The lowest BCUT2D eigenvalue weighted by Crippen LogP contribution is -2.36. The molecule has 0 saturated heterocycles. The predicted molar refractivity (Wildman–Crippen MR) is 76.5 cm³/mol. The highest BCUT2D eigenvalue weighted by atomic mass is 19.3. The average molecular weight is 300 g/mol. The molecule has 0 aliphatic carbocycles. The fraction of sp³-hybridized carbons (Fsp3) is 0.600. The van der Waals surface area contributed by atoms with E-state index in [-0.39, 0.29) is 12.6 Å². The average Bonchev–Trinajstić information content (AvgIpc) is 2.93. The van der Waals surface area contributed by atoms with Crippen LogP contribution in [0.25, 0.3) is 0 Å². The number of benzene rings is 1. The Labute approximate surface area is 123 Å². The molecular formula is C15H22F2N2O2. The number of alkyl halides is 2. The molecule has 2 rings (SSSR count). The Balaban J connectivity index is 1.72. The maximum atomic E-state index is 11.9. The Morgan fingerprint density at radius 1 is 1.33 bits per heavy atom. The molecule has 4 nitrogen and oxygen atoms in total. The molecule has 0 spiro atoms. The number of aryl methyl sites for hydroxylation is 1. The molecule has 1 aliphatic rings. The van der Waals surface area contributed by atoms with Crippen LogP contribution in [-0.2, 0) is 17.6 Å². The molecule has 0 fully saturated rings. The molecule has 1 aromatic carbocycles. The number of hydrogen-bond donors (Lipinski definition) is 2. The van der Waals surface area contributed by atoms with Gasteiger partial charge in [-0.05, 0) is 36.5 Å². The van der Waals surface area contributed by atoms with Gasteiger partial charge in [-0.3, -0.25) is 11.3 Å². The van der Waals surface area contributed by atoms with Gasteiger partial charge in [0.05, 0.1) is 6.61 Å². The van der Waals surface area contributed by atoms with Crippen LogP contribution >= 0.6 is 0 Å². The van der Waals surface area contributed by atoms with E-state index in [2.05, 4.69) is 17.6 Å². The summed E-state index contributed by atoms with van der Waals surface area (Å²) in [6.07, 6.45) is 0.897. The monoisotopic (exact) mass is 300 g/mol. The molecule has 3 N–H and O–H groups in total. The van der Waals surface area contributed by atoms with Crippen LogP contribution in [-0.4, -0.2) is 32.3 Å². The number of hydrazine groups is 1. The number of nitrogens with one attached hydrogen (secondary N) is 1. The van der Waals surface area contributed by atoms with Gasteiger partial charge in [-0.1, -0.05) is 12.1 Å². The zero-order valence-corrected chi connectivity index (χ0v) is 12.0. The second-order valence-electron chi connectivity index (χ2n) is 5.20. The highest BCUT2D eigenvalue weighted by Gasteiger charge is 2.13. The highest BCUT2D eigenvalue weighted by Crippen LogP contribution is 2.26. The molecule has 1 aromatic rings. The van der Waals surface area contributed by atoms with E-state index in [1.54, 1.807) is 0 Å². The minimum Gasteiger partial charge on any atom is -0.493 e. The van der Waals surface area contributed by atoms with Crippen LogP contribution in [0.3, 0.4) is 0 Å². The van der Waals surface area contributed by atoms with E-state index in [9.17, 15) is 8.78 Å². The van der Waals surface area contributed by atoms with Crippen LogP contribution in [0.5, 0.6) is 5.75 Å².